The fourth-order valence-electron chi connectivity index (χ4n) is 1.48. The molecule has 0 saturated heterocycles. The molecule has 0 unspecified atom stereocenters. The first-order valence-corrected chi connectivity index (χ1v) is 6.99. The Hall–Kier alpha value is -1.82. The maximum absolute atomic E-state index is 13.5. The molecule has 0 N–H and O–H groups in total. The topological polar surface area (TPSA) is 59.9 Å². The van der Waals surface area contributed by atoms with E-state index in [1.807, 2.05) is 0 Å². The lowest BCUT2D eigenvalue weighted by Gasteiger charge is -2.05. The number of rotatable bonds is 3. The second-order valence-corrected chi connectivity index (χ2v) is 5.88. The minimum absolute atomic E-state index is 0.169. The molecule has 6 heteroatoms. The average molecular weight is 266 g/mol. The van der Waals surface area contributed by atoms with Crippen LogP contribution in [0.25, 0.3) is 11.3 Å². The number of aromatic nitrogens is 2. The van der Waals surface area contributed by atoms with Crippen LogP contribution in [0.4, 0.5) is 4.39 Å². The summed E-state index contributed by atoms with van der Waals surface area (Å²) in [5.41, 5.74) is 1.03. The highest BCUT2D eigenvalue weighted by atomic mass is 32.2. The molecule has 4 nitrogen and oxygen atoms in total. The van der Waals surface area contributed by atoms with Gasteiger partial charge in [0.15, 0.2) is 9.84 Å². The quantitative estimate of drug-likeness (QED) is 0.798. The van der Waals surface area contributed by atoms with E-state index >= 15 is 0 Å². The van der Waals surface area contributed by atoms with Crippen molar-refractivity contribution in [3.63, 3.8) is 0 Å². The van der Waals surface area contributed by atoms with E-state index in [1.54, 1.807) is 24.4 Å². The van der Waals surface area contributed by atoms with E-state index in [0.717, 1.165) is 0 Å². The summed E-state index contributed by atoms with van der Waals surface area (Å²) >= 11 is 0. The molecule has 0 aliphatic heterocycles. The molecule has 2 heterocycles. The number of sulfone groups is 1. The number of hydrogen-bond donors (Lipinski definition) is 0. The molecule has 2 rings (SSSR count). The van der Waals surface area contributed by atoms with E-state index in [0.29, 0.717) is 11.3 Å². The summed E-state index contributed by atoms with van der Waals surface area (Å²) in [5.74, 6) is -1.14. The molecule has 0 atom stereocenters. The maximum atomic E-state index is 13.5. The Morgan fingerprint density at radius 2 is 2.06 bits per heavy atom. The highest BCUT2D eigenvalue weighted by Gasteiger charge is 2.19. The monoisotopic (exact) mass is 266 g/mol. The first-order valence-electron chi connectivity index (χ1n) is 5.34. The third-order valence-electron chi connectivity index (χ3n) is 2.48. The van der Waals surface area contributed by atoms with Gasteiger partial charge in [-0.3, -0.25) is 4.98 Å². The zero-order valence-electron chi connectivity index (χ0n) is 9.67. The molecule has 94 valence electrons. The molecular formula is C12H11FN2O2S. The van der Waals surface area contributed by atoms with Gasteiger partial charge in [-0.05, 0) is 18.2 Å². The lowest BCUT2D eigenvalue weighted by atomic mass is 10.2. The van der Waals surface area contributed by atoms with Crippen molar-refractivity contribution < 1.29 is 12.8 Å². The highest BCUT2D eigenvalue weighted by molar-refractivity contribution is 7.91. The summed E-state index contributed by atoms with van der Waals surface area (Å²) in [4.78, 5) is 7.17. The van der Waals surface area contributed by atoms with E-state index in [1.165, 1.54) is 19.2 Å². The predicted octanol–water partition coefficient (Wildman–Crippen LogP) is 2.08. The molecule has 2 aromatic heterocycles. The van der Waals surface area contributed by atoms with Gasteiger partial charge in [0.05, 0.1) is 11.4 Å². The van der Waals surface area contributed by atoms with E-state index in [4.69, 9.17) is 0 Å². The molecule has 0 aromatic carbocycles. The zero-order valence-corrected chi connectivity index (χ0v) is 10.5. The second-order valence-electron chi connectivity index (χ2n) is 3.63. The summed E-state index contributed by atoms with van der Waals surface area (Å²) in [5, 5.41) is 0. The van der Waals surface area contributed by atoms with Gasteiger partial charge in [-0.2, -0.15) is 4.39 Å². The largest absolute Gasteiger partial charge is 0.256 e. The first kappa shape index (κ1) is 12.6. The fourth-order valence-corrected chi connectivity index (χ4v) is 2.40. The van der Waals surface area contributed by atoms with Gasteiger partial charge in [-0.1, -0.05) is 13.0 Å². The van der Waals surface area contributed by atoms with Crippen LogP contribution in [-0.4, -0.2) is 24.1 Å². The van der Waals surface area contributed by atoms with E-state index in [2.05, 4.69) is 9.97 Å². The zero-order chi connectivity index (χ0) is 13.2. The van der Waals surface area contributed by atoms with Crippen LogP contribution in [0.1, 0.15) is 6.92 Å². The molecule has 0 aliphatic rings. The van der Waals surface area contributed by atoms with Crippen molar-refractivity contribution >= 4 is 9.84 Å². The molecule has 0 bridgehead atoms. The predicted molar refractivity (Wildman–Crippen MR) is 65.2 cm³/mol. The lowest BCUT2D eigenvalue weighted by molar-refractivity contribution is 0.539. The second kappa shape index (κ2) is 4.81. The normalized spacial score (nSPS) is 11.4. The van der Waals surface area contributed by atoms with Crippen molar-refractivity contribution in [2.24, 2.45) is 0 Å². The van der Waals surface area contributed by atoms with Crippen molar-refractivity contribution in [1.29, 1.82) is 0 Å². The number of pyridine rings is 2. The van der Waals surface area contributed by atoms with Crippen LogP contribution in [0.5, 0.6) is 0 Å². The molecule has 0 radical (unpaired) electrons. The van der Waals surface area contributed by atoms with Crippen LogP contribution in [0.15, 0.2) is 41.6 Å². The van der Waals surface area contributed by atoms with Gasteiger partial charge in [-0.25, -0.2) is 13.4 Å². The van der Waals surface area contributed by atoms with Crippen LogP contribution < -0.4 is 0 Å². The molecule has 0 fully saturated rings. The Kier molecular flexibility index (Phi) is 3.38. The van der Waals surface area contributed by atoms with Gasteiger partial charge in [0.1, 0.15) is 4.90 Å². The lowest BCUT2D eigenvalue weighted by Crippen LogP contribution is -2.08. The van der Waals surface area contributed by atoms with Crippen molar-refractivity contribution in [2.75, 3.05) is 5.75 Å². The van der Waals surface area contributed by atoms with Gasteiger partial charge in [-0.15, -0.1) is 0 Å². The van der Waals surface area contributed by atoms with Gasteiger partial charge in [0.2, 0.25) is 5.95 Å². The maximum Gasteiger partial charge on any atom is 0.231 e. The summed E-state index contributed by atoms with van der Waals surface area (Å²) in [7, 11) is -3.62. The molecule has 18 heavy (non-hydrogen) atoms. The number of hydrogen-bond acceptors (Lipinski definition) is 4. The Morgan fingerprint density at radius 1 is 1.28 bits per heavy atom. The van der Waals surface area contributed by atoms with Crippen LogP contribution >= 0.6 is 0 Å². The molecule has 0 saturated carbocycles. The fraction of sp³-hybridized carbons (Fsp3) is 0.167. The summed E-state index contributed by atoms with van der Waals surface area (Å²) in [6.45, 7) is 1.46. The minimum atomic E-state index is -3.62. The standard InChI is InChI=1S/C12H11FN2O2S/c1-2-18(16,17)11-7-9(8-15-12(11)13)10-5-3-4-6-14-10/h3-8H,2H2,1H3. The third kappa shape index (κ3) is 2.38. The molecular weight excluding hydrogens is 255 g/mol. The first-order chi connectivity index (χ1) is 8.54. The Labute approximate surface area is 104 Å². The Balaban J connectivity index is 2.58. The van der Waals surface area contributed by atoms with Crippen LogP contribution in [0.3, 0.4) is 0 Å². The van der Waals surface area contributed by atoms with Crippen LogP contribution in [0.2, 0.25) is 0 Å². The van der Waals surface area contributed by atoms with Crippen molar-refractivity contribution in [3.8, 4) is 11.3 Å². The molecule has 0 aliphatic carbocycles. The third-order valence-corrected chi connectivity index (χ3v) is 4.20. The number of halogens is 1. The van der Waals surface area contributed by atoms with Gasteiger partial charge in [0, 0.05) is 18.0 Å². The van der Waals surface area contributed by atoms with E-state index in [9.17, 15) is 12.8 Å². The summed E-state index contributed by atoms with van der Waals surface area (Å²) < 4.78 is 36.9. The minimum Gasteiger partial charge on any atom is -0.256 e. The summed E-state index contributed by atoms with van der Waals surface area (Å²) in [6.07, 6.45) is 2.85. The molecule has 0 spiro atoms. The van der Waals surface area contributed by atoms with Crippen molar-refractivity contribution in [1.82, 2.24) is 9.97 Å². The summed E-state index contributed by atoms with van der Waals surface area (Å²) in [6, 6.07) is 6.48. The Morgan fingerprint density at radius 3 is 2.67 bits per heavy atom. The van der Waals surface area contributed by atoms with Crippen molar-refractivity contribution in [3.05, 3.63) is 42.6 Å². The molecule has 2 aromatic rings. The number of nitrogens with zero attached hydrogens (tertiary/aromatic N) is 2. The van der Waals surface area contributed by atoms with Crippen molar-refractivity contribution in [2.45, 2.75) is 11.8 Å². The average Bonchev–Trinajstić information content (AvgIpc) is 2.40. The van der Waals surface area contributed by atoms with E-state index < -0.39 is 15.8 Å². The highest BCUT2D eigenvalue weighted by Crippen LogP contribution is 2.22. The molecule has 0 amide bonds. The Bertz CT molecular complexity index is 657. The van der Waals surface area contributed by atoms with Gasteiger partial charge < -0.3 is 0 Å². The van der Waals surface area contributed by atoms with Gasteiger partial charge in [0.25, 0.3) is 0 Å². The smallest absolute Gasteiger partial charge is 0.231 e. The van der Waals surface area contributed by atoms with Crippen LogP contribution in [0, 0.1) is 5.95 Å². The van der Waals surface area contributed by atoms with Gasteiger partial charge >= 0.3 is 0 Å². The van der Waals surface area contributed by atoms with E-state index in [-0.39, 0.29) is 10.6 Å². The van der Waals surface area contributed by atoms with Crippen LogP contribution in [-0.2, 0) is 9.84 Å². The SMILES string of the molecule is CCS(=O)(=O)c1cc(-c2ccccn2)cnc1F.